The van der Waals surface area contributed by atoms with Crippen molar-refractivity contribution >= 4 is 0 Å². The maximum absolute atomic E-state index is 4.06. The van der Waals surface area contributed by atoms with Gasteiger partial charge in [-0.25, -0.2) is 0 Å². The predicted molar refractivity (Wildman–Crippen MR) is 46.2 cm³/mol. The summed E-state index contributed by atoms with van der Waals surface area (Å²) in [4.78, 5) is 0. The molecule has 0 N–H and O–H groups in total. The summed E-state index contributed by atoms with van der Waals surface area (Å²) < 4.78 is 1.88. The van der Waals surface area contributed by atoms with Gasteiger partial charge in [-0.15, -0.1) is 0 Å². The van der Waals surface area contributed by atoms with Gasteiger partial charge in [0, 0.05) is 18.9 Å². The molecule has 0 saturated heterocycles. The van der Waals surface area contributed by atoms with E-state index in [-0.39, 0.29) is 0 Å². The Morgan fingerprint density at radius 1 is 1.64 bits per heavy atom. The van der Waals surface area contributed by atoms with E-state index in [0.717, 1.165) is 18.5 Å². The largest absolute Gasteiger partial charge is 0.272 e. The van der Waals surface area contributed by atoms with Gasteiger partial charge in [-0.05, 0) is 12.5 Å². The van der Waals surface area contributed by atoms with Crippen LogP contribution < -0.4 is 0 Å². The number of hydrogen-bond acceptors (Lipinski definition) is 1. The lowest BCUT2D eigenvalue weighted by molar-refractivity contribution is 0.617. The lowest BCUT2D eigenvalue weighted by Gasteiger charge is -1.99. The molecule has 0 aliphatic carbocycles. The van der Waals surface area contributed by atoms with Gasteiger partial charge in [0.15, 0.2) is 0 Å². The van der Waals surface area contributed by atoms with Gasteiger partial charge in [-0.2, -0.15) is 5.10 Å². The van der Waals surface area contributed by atoms with E-state index in [9.17, 15) is 0 Å². The minimum absolute atomic E-state index is 0.887. The first kappa shape index (κ1) is 7.79. The highest BCUT2D eigenvalue weighted by atomic mass is 15.3. The van der Waals surface area contributed by atoms with Crippen LogP contribution in [-0.4, -0.2) is 9.78 Å². The standard InChI is InChI=1S/C9H12N2/c1-3-9(2)5-8-11-7-4-6-10-11/h3-4,6-7H,1-2,5,8H2. The average molecular weight is 148 g/mol. The molecule has 11 heavy (non-hydrogen) atoms. The zero-order chi connectivity index (χ0) is 8.10. The first-order valence-electron chi connectivity index (χ1n) is 3.60. The van der Waals surface area contributed by atoms with Crippen molar-refractivity contribution in [2.45, 2.75) is 13.0 Å². The van der Waals surface area contributed by atoms with Crippen LogP contribution >= 0.6 is 0 Å². The second-order valence-corrected chi connectivity index (χ2v) is 2.38. The van der Waals surface area contributed by atoms with Crippen molar-refractivity contribution in [3.05, 3.63) is 43.3 Å². The van der Waals surface area contributed by atoms with Crippen molar-refractivity contribution in [2.75, 3.05) is 0 Å². The second-order valence-electron chi connectivity index (χ2n) is 2.38. The molecule has 0 radical (unpaired) electrons. The first-order chi connectivity index (χ1) is 5.33. The summed E-state index contributed by atoms with van der Waals surface area (Å²) in [5.74, 6) is 0. The van der Waals surface area contributed by atoms with Gasteiger partial charge in [-0.3, -0.25) is 4.68 Å². The molecule has 0 unspecified atom stereocenters. The molecule has 1 aromatic heterocycles. The highest BCUT2D eigenvalue weighted by Gasteiger charge is 1.90. The van der Waals surface area contributed by atoms with E-state index in [4.69, 9.17) is 0 Å². The van der Waals surface area contributed by atoms with Gasteiger partial charge in [0.2, 0.25) is 0 Å². The van der Waals surface area contributed by atoms with Crippen molar-refractivity contribution in [3.8, 4) is 0 Å². The van der Waals surface area contributed by atoms with Gasteiger partial charge in [-0.1, -0.05) is 24.8 Å². The van der Waals surface area contributed by atoms with E-state index in [1.54, 1.807) is 12.3 Å². The van der Waals surface area contributed by atoms with Crippen LogP contribution in [0.2, 0.25) is 0 Å². The van der Waals surface area contributed by atoms with Gasteiger partial charge < -0.3 is 0 Å². The van der Waals surface area contributed by atoms with E-state index in [1.807, 2.05) is 16.9 Å². The third kappa shape index (κ3) is 2.42. The van der Waals surface area contributed by atoms with Crippen LogP contribution in [0.15, 0.2) is 43.3 Å². The fraction of sp³-hybridized carbons (Fsp3) is 0.222. The number of allylic oxidation sites excluding steroid dienone is 2. The predicted octanol–water partition coefficient (Wildman–Crippen LogP) is 2.02. The smallest absolute Gasteiger partial charge is 0.0489 e. The molecule has 0 atom stereocenters. The number of hydrogen-bond donors (Lipinski definition) is 0. The number of aromatic nitrogens is 2. The van der Waals surface area contributed by atoms with Crippen LogP contribution in [0, 0.1) is 0 Å². The van der Waals surface area contributed by atoms with Crippen LogP contribution in [0.5, 0.6) is 0 Å². The molecule has 2 nitrogen and oxygen atoms in total. The molecule has 58 valence electrons. The maximum Gasteiger partial charge on any atom is 0.0489 e. The Bertz CT molecular complexity index is 234. The summed E-state index contributed by atoms with van der Waals surface area (Å²) in [6, 6.07) is 1.91. The van der Waals surface area contributed by atoms with Crippen molar-refractivity contribution in [2.24, 2.45) is 0 Å². The topological polar surface area (TPSA) is 17.8 Å². The van der Waals surface area contributed by atoms with E-state index in [1.165, 1.54) is 0 Å². The molecular formula is C9H12N2. The summed E-state index contributed by atoms with van der Waals surface area (Å²) in [5, 5.41) is 4.06. The Morgan fingerprint density at radius 2 is 2.45 bits per heavy atom. The zero-order valence-electron chi connectivity index (χ0n) is 6.53. The number of rotatable bonds is 4. The minimum atomic E-state index is 0.887. The summed E-state index contributed by atoms with van der Waals surface area (Å²) in [6.45, 7) is 8.33. The molecule has 1 rings (SSSR count). The summed E-state index contributed by atoms with van der Waals surface area (Å²) in [5.41, 5.74) is 1.06. The van der Waals surface area contributed by atoms with Gasteiger partial charge in [0.05, 0.1) is 0 Å². The van der Waals surface area contributed by atoms with Crippen molar-refractivity contribution < 1.29 is 0 Å². The fourth-order valence-electron chi connectivity index (χ4n) is 0.793. The van der Waals surface area contributed by atoms with Crippen molar-refractivity contribution in [3.63, 3.8) is 0 Å². The molecule has 0 aliphatic rings. The molecule has 1 heterocycles. The summed E-state index contributed by atoms with van der Waals surface area (Å²) >= 11 is 0. The van der Waals surface area contributed by atoms with E-state index in [0.29, 0.717) is 0 Å². The Morgan fingerprint density at radius 3 is 3.00 bits per heavy atom. The van der Waals surface area contributed by atoms with Crippen LogP contribution in [0.25, 0.3) is 0 Å². The highest BCUT2D eigenvalue weighted by Crippen LogP contribution is 2.00. The van der Waals surface area contributed by atoms with Crippen LogP contribution in [-0.2, 0) is 6.54 Å². The molecule has 0 amide bonds. The Kier molecular flexibility index (Phi) is 2.66. The summed E-state index contributed by atoms with van der Waals surface area (Å²) in [7, 11) is 0. The maximum atomic E-state index is 4.06. The highest BCUT2D eigenvalue weighted by molar-refractivity contribution is 5.10. The second kappa shape index (κ2) is 3.76. The molecular weight excluding hydrogens is 136 g/mol. The quantitative estimate of drug-likeness (QED) is 0.597. The molecule has 0 saturated carbocycles. The number of aryl methyl sites for hydroxylation is 1. The normalized spacial score (nSPS) is 9.45. The zero-order valence-corrected chi connectivity index (χ0v) is 6.53. The monoisotopic (exact) mass is 148 g/mol. The van der Waals surface area contributed by atoms with Crippen LogP contribution in [0.3, 0.4) is 0 Å². The third-order valence-electron chi connectivity index (χ3n) is 1.51. The van der Waals surface area contributed by atoms with Gasteiger partial charge >= 0.3 is 0 Å². The van der Waals surface area contributed by atoms with E-state index in [2.05, 4.69) is 18.3 Å². The SMILES string of the molecule is C=CC(=C)CCn1cccn1. The number of nitrogens with zero attached hydrogens (tertiary/aromatic N) is 2. The van der Waals surface area contributed by atoms with Crippen LogP contribution in [0.1, 0.15) is 6.42 Å². The van der Waals surface area contributed by atoms with Crippen molar-refractivity contribution in [1.29, 1.82) is 0 Å². The van der Waals surface area contributed by atoms with E-state index >= 15 is 0 Å². The third-order valence-corrected chi connectivity index (χ3v) is 1.51. The average Bonchev–Trinajstić information content (AvgIpc) is 2.52. The molecule has 0 bridgehead atoms. The van der Waals surface area contributed by atoms with Gasteiger partial charge in [0.1, 0.15) is 0 Å². The molecule has 0 aliphatic heterocycles. The van der Waals surface area contributed by atoms with Gasteiger partial charge in [0.25, 0.3) is 0 Å². The molecule has 1 aromatic rings. The Labute approximate surface area is 66.8 Å². The Hall–Kier alpha value is -1.31. The van der Waals surface area contributed by atoms with E-state index < -0.39 is 0 Å². The minimum Gasteiger partial charge on any atom is -0.272 e. The fourth-order valence-corrected chi connectivity index (χ4v) is 0.793. The van der Waals surface area contributed by atoms with Crippen LogP contribution in [0.4, 0.5) is 0 Å². The molecule has 2 heteroatoms. The molecule has 0 spiro atoms. The lowest BCUT2D eigenvalue weighted by atomic mass is 10.2. The first-order valence-corrected chi connectivity index (χ1v) is 3.60. The molecule has 0 aromatic carbocycles. The summed E-state index contributed by atoms with van der Waals surface area (Å²) in [6.07, 6.45) is 6.42. The Balaban J connectivity index is 2.34. The molecule has 0 fully saturated rings. The van der Waals surface area contributed by atoms with Crippen molar-refractivity contribution in [1.82, 2.24) is 9.78 Å². The lowest BCUT2D eigenvalue weighted by Crippen LogP contribution is -1.97.